The second kappa shape index (κ2) is 7.67. The van der Waals surface area contributed by atoms with Crippen LogP contribution in [0.15, 0.2) is 11.3 Å². The molecule has 13 nitrogen and oxygen atoms in total. The van der Waals surface area contributed by atoms with Crippen molar-refractivity contribution in [3.63, 3.8) is 0 Å². The fourth-order valence-electron chi connectivity index (χ4n) is 2.87. The first-order valence-electron chi connectivity index (χ1n) is 7.71. The number of tetrazole rings is 1. The van der Waals surface area contributed by atoms with Gasteiger partial charge in [0.15, 0.2) is 10.7 Å². The highest BCUT2D eigenvalue weighted by Gasteiger charge is 2.65. The summed E-state index contributed by atoms with van der Waals surface area (Å²) in [6.07, 6.45) is 0.424. The molecule has 0 spiro atoms. The third-order valence-electron chi connectivity index (χ3n) is 4.07. The summed E-state index contributed by atoms with van der Waals surface area (Å²) in [4.78, 5) is 47.5. The van der Waals surface area contributed by atoms with Crippen LogP contribution in [0.1, 0.15) is 5.82 Å². The molecule has 1 unspecified atom stereocenters. The second-order valence-corrected chi connectivity index (χ2v) is 7.84. The van der Waals surface area contributed by atoms with E-state index < -0.39 is 34.1 Å². The summed E-state index contributed by atoms with van der Waals surface area (Å²) >= 11 is 2.35. The number of carboxylic acids is 1. The lowest BCUT2D eigenvalue weighted by molar-refractivity contribution is -0.152. The number of amides is 3. The Kier molecular flexibility index (Phi) is 5.46. The van der Waals surface area contributed by atoms with E-state index in [2.05, 4.69) is 30.7 Å². The maximum absolute atomic E-state index is 12.9. The number of aromatic amines is 1. The van der Waals surface area contributed by atoms with Gasteiger partial charge in [-0.1, -0.05) is 0 Å². The van der Waals surface area contributed by atoms with Gasteiger partial charge in [0.25, 0.3) is 5.91 Å². The highest BCUT2D eigenvalue weighted by atomic mass is 32.2. The van der Waals surface area contributed by atoms with Crippen LogP contribution in [0, 0.1) is 0 Å². The molecule has 1 aromatic rings. The topological polar surface area (TPSA) is 193 Å². The number of ether oxygens (including phenoxy) is 1. The number of carbonyl (C=O) groups is 4. The van der Waals surface area contributed by atoms with Gasteiger partial charge < -0.3 is 20.9 Å². The summed E-state index contributed by atoms with van der Waals surface area (Å²) in [5.41, 5.74) is 4.90. The first-order chi connectivity index (χ1) is 13.3. The molecular formula is C13H15N7O6S2. The smallest absolute Gasteiger partial charge is 0.404 e. The summed E-state index contributed by atoms with van der Waals surface area (Å²) in [7, 11) is 0. The molecule has 2 aliphatic heterocycles. The molecule has 3 rings (SSSR count). The van der Waals surface area contributed by atoms with Gasteiger partial charge in [0.05, 0.1) is 6.42 Å². The number of thioether (sulfide) groups is 2. The highest BCUT2D eigenvalue weighted by Crippen LogP contribution is 2.50. The molecular weight excluding hydrogens is 414 g/mol. The van der Waals surface area contributed by atoms with Crippen molar-refractivity contribution >= 4 is 47.4 Å². The molecule has 1 saturated heterocycles. The fraction of sp³-hybridized carbons (Fsp3) is 0.462. The molecule has 1 fully saturated rings. The van der Waals surface area contributed by atoms with E-state index in [-0.39, 0.29) is 35.9 Å². The number of aliphatic carboxylic acids is 1. The Morgan fingerprint density at radius 2 is 2.29 bits per heavy atom. The number of nitrogens with one attached hydrogen (secondary N) is 2. The van der Waals surface area contributed by atoms with Crippen LogP contribution in [-0.2, 0) is 25.5 Å². The van der Waals surface area contributed by atoms with Gasteiger partial charge in [0.1, 0.15) is 17.7 Å². The Labute approximate surface area is 165 Å². The van der Waals surface area contributed by atoms with Crippen molar-refractivity contribution in [1.82, 2.24) is 30.8 Å². The van der Waals surface area contributed by atoms with Gasteiger partial charge in [-0.25, -0.2) is 14.7 Å². The van der Waals surface area contributed by atoms with E-state index in [0.717, 1.165) is 16.7 Å². The molecule has 0 aliphatic carbocycles. The monoisotopic (exact) mass is 429 g/mol. The van der Waals surface area contributed by atoms with Crippen molar-refractivity contribution in [1.29, 1.82) is 0 Å². The van der Waals surface area contributed by atoms with Crippen LogP contribution < -0.4 is 11.1 Å². The van der Waals surface area contributed by atoms with Crippen LogP contribution in [0.2, 0.25) is 0 Å². The number of β-lactam (4-membered cyclic amide) rings is 1. The average Bonchev–Trinajstić information content (AvgIpc) is 3.15. The molecule has 28 heavy (non-hydrogen) atoms. The Morgan fingerprint density at radius 1 is 1.54 bits per heavy atom. The van der Waals surface area contributed by atoms with E-state index in [1.165, 1.54) is 11.8 Å². The van der Waals surface area contributed by atoms with Gasteiger partial charge >= 0.3 is 12.1 Å². The predicted octanol–water partition coefficient (Wildman–Crippen LogP) is -1.73. The number of nitrogens with zero attached hydrogens (tertiary/aromatic N) is 4. The number of carboxylic acid groups (broad SMARTS) is 1. The second-order valence-electron chi connectivity index (χ2n) is 5.72. The largest absolute Gasteiger partial charge is 0.477 e. The molecule has 15 heteroatoms. The lowest BCUT2D eigenvalue weighted by Gasteiger charge is -2.56. The van der Waals surface area contributed by atoms with Gasteiger partial charge in [-0.05, 0) is 16.7 Å². The van der Waals surface area contributed by atoms with E-state index in [9.17, 15) is 24.3 Å². The minimum Gasteiger partial charge on any atom is -0.477 e. The van der Waals surface area contributed by atoms with Gasteiger partial charge in [-0.2, -0.15) is 0 Å². The number of hydrogen-bond donors (Lipinski definition) is 4. The van der Waals surface area contributed by atoms with E-state index in [1.807, 2.05) is 0 Å². The van der Waals surface area contributed by atoms with Crippen LogP contribution in [0.4, 0.5) is 4.79 Å². The minimum atomic E-state index is -1.34. The summed E-state index contributed by atoms with van der Waals surface area (Å²) in [6.45, 7) is -0.336. The number of carbonyl (C=O) groups excluding carboxylic acids is 3. The molecule has 2 atom stereocenters. The number of rotatable bonds is 7. The van der Waals surface area contributed by atoms with Gasteiger partial charge in [0.2, 0.25) is 5.91 Å². The molecule has 1 aromatic heterocycles. The van der Waals surface area contributed by atoms with Crippen molar-refractivity contribution in [2.45, 2.75) is 16.7 Å². The first kappa shape index (κ1) is 19.9. The van der Waals surface area contributed by atoms with Crippen molar-refractivity contribution in [3.8, 4) is 0 Å². The summed E-state index contributed by atoms with van der Waals surface area (Å²) in [5, 5.41) is 24.4. The molecule has 3 amide bonds. The van der Waals surface area contributed by atoms with Crippen molar-refractivity contribution in [3.05, 3.63) is 17.1 Å². The van der Waals surface area contributed by atoms with Crippen LogP contribution in [0.3, 0.4) is 0 Å². The number of aromatic nitrogens is 4. The molecule has 0 bridgehead atoms. The average molecular weight is 429 g/mol. The Bertz CT molecular complexity index is 860. The molecule has 5 N–H and O–H groups in total. The van der Waals surface area contributed by atoms with Crippen LogP contribution in [0.25, 0.3) is 0 Å². The molecule has 0 aromatic carbocycles. The quantitative estimate of drug-likeness (QED) is 0.284. The number of primary amides is 1. The van der Waals surface area contributed by atoms with Crippen LogP contribution in [-0.4, -0.2) is 83.4 Å². The molecule has 3 heterocycles. The summed E-state index contributed by atoms with van der Waals surface area (Å²) in [5.74, 6) is -2.00. The number of hydrogen-bond acceptors (Lipinski definition) is 10. The molecule has 0 radical (unpaired) electrons. The minimum absolute atomic E-state index is 0.167. The molecule has 0 saturated carbocycles. The highest BCUT2D eigenvalue weighted by molar-refractivity contribution is 8.05. The van der Waals surface area contributed by atoms with E-state index in [0.29, 0.717) is 0 Å². The van der Waals surface area contributed by atoms with Crippen molar-refractivity contribution in [2.24, 2.45) is 5.73 Å². The van der Waals surface area contributed by atoms with Crippen LogP contribution in [0.5, 0.6) is 0 Å². The maximum atomic E-state index is 12.9. The predicted molar refractivity (Wildman–Crippen MR) is 95.6 cm³/mol. The number of fused-ring (bicyclic) bond motifs is 1. The standard InChI is InChI=1S/C13H15N7O6S2/c1-27-13(15-7(21)2-6-16-18-19-17-6)10(24)20-8(9(22)23)5(3-26-12(14)25)4-28-11(13)20/h11H,2-4H2,1H3,(H2,14,25)(H,15,21)(H,22,23)(H,16,17,18,19)/t11-,13?/m0/s1. The number of nitrogens with two attached hydrogens (primary N) is 1. The van der Waals surface area contributed by atoms with Crippen LogP contribution >= 0.6 is 23.5 Å². The molecule has 2 aliphatic rings. The van der Waals surface area contributed by atoms with Gasteiger partial charge in [0, 0.05) is 11.3 Å². The third kappa shape index (κ3) is 3.37. The van der Waals surface area contributed by atoms with E-state index >= 15 is 0 Å². The Balaban J connectivity index is 1.81. The maximum Gasteiger partial charge on any atom is 0.404 e. The van der Waals surface area contributed by atoms with Gasteiger partial charge in [-0.3, -0.25) is 14.5 Å². The summed E-state index contributed by atoms with van der Waals surface area (Å²) < 4.78 is 4.68. The summed E-state index contributed by atoms with van der Waals surface area (Å²) in [6, 6.07) is 0. The first-order valence-corrected chi connectivity index (χ1v) is 9.99. The van der Waals surface area contributed by atoms with Gasteiger partial charge in [-0.15, -0.1) is 28.6 Å². The number of H-pyrrole nitrogens is 1. The van der Waals surface area contributed by atoms with E-state index in [4.69, 9.17) is 5.73 Å². The lowest BCUT2D eigenvalue weighted by Crippen LogP contribution is -2.78. The lowest BCUT2D eigenvalue weighted by atomic mass is 10.0. The Morgan fingerprint density at radius 3 is 2.86 bits per heavy atom. The van der Waals surface area contributed by atoms with E-state index in [1.54, 1.807) is 6.26 Å². The third-order valence-corrected chi connectivity index (χ3v) is 6.75. The zero-order valence-electron chi connectivity index (χ0n) is 14.4. The normalized spacial score (nSPS) is 23.7. The van der Waals surface area contributed by atoms with Crippen molar-refractivity contribution < 1.29 is 29.0 Å². The van der Waals surface area contributed by atoms with Crippen molar-refractivity contribution in [2.75, 3.05) is 18.6 Å². The Hall–Kier alpha value is -2.81. The zero-order chi connectivity index (χ0) is 20.5. The SMILES string of the molecule is CSC1(NC(=O)Cc2nnn[nH]2)C(=O)N2C(C(=O)O)=C(COC(N)=O)CS[C@H]21. The fourth-order valence-corrected chi connectivity index (χ4v) is 5.48. The zero-order valence-corrected chi connectivity index (χ0v) is 16.0. The molecule has 150 valence electrons.